The number of hydrogen-bond donors (Lipinski definition) is 2. The standard InChI is InChI=1S/C26H22N10O8S2/c37-19-13-21(39)33(25(45)27-19)29-23(15-1-5-17(6-2-15)35(41)42)31-9-11-32(12-10-31)24(16-3-7-18(8-4-16)36(43)44)30-34-22(40)14-20(38)28-26(34)46/h1-8H,9-14H2,(H,27,37,45)(H,28,38,46). The Kier molecular flexibility index (Phi) is 9.00. The van der Waals surface area contributed by atoms with E-state index >= 15 is 0 Å². The molecule has 2 N–H and O–H groups in total. The van der Waals surface area contributed by atoms with Crippen LogP contribution in [0.1, 0.15) is 24.0 Å². The molecule has 2 aromatic rings. The van der Waals surface area contributed by atoms with Crippen LogP contribution in [0.15, 0.2) is 58.7 Å². The fourth-order valence-corrected chi connectivity index (χ4v) is 5.19. The molecule has 0 unspecified atom stereocenters. The zero-order valence-corrected chi connectivity index (χ0v) is 25.2. The second kappa shape index (κ2) is 13.1. The number of nitro groups is 2. The molecule has 5 rings (SSSR count). The molecule has 0 aromatic heterocycles. The second-order valence-electron chi connectivity index (χ2n) is 9.90. The van der Waals surface area contributed by atoms with Gasteiger partial charge in [-0.1, -0.05) is 0 Å². The van der Waals surface area contributed by atoms with Gasteiger partial charge >= 0.3 is 0 Å². The molecule has 2 aromatic carbocycles. The highest BCUT2D eigenvalue weighted by Gasteiger charge is 2.33. The average molecular weight is 667 g/mol. The Morgan fingerprint density at radius 3 is 1.24 bits per heavy atom. The lowest BCUT2D eigenvalue weighted by Crippen LogP contribution is -2.54. The van der Waals surface area contributed by atoms with E-state index in [1.807, 2.05) is 0 Å². The van der Waals surface area contributed by atoms with Crippen LogP contribution in [0.4, 0.5) is 11.4 Å². The number of nitro benzene ring substituents is 2. The van der Waals surface area contributed by atoms with E-state index in [0.717, 1.165) is 10.0 Å². The molecule has 3 aliphatic heterocycles. The van der Waals surface area contributed by atoms with Gasteiger partial charge in [-0.2, -0.15) is 10.0 Å². The second-order valence-corrected chi connectivity index (χ2v) is 10.7. The number of carbonyl (C=O) groups excluding carboxylic acids is 4. The lowest BCUT2D eigenvalue weighted by molar-refractivity contribution is -0.385. The highest BCUT2D eigenvalue weighted by Crippen LogP contribution is 2.20. The summed E-state index contributed by atoms with van der Waals surface area (Å²) in [6, 6.07) is 11.0. The molecule has 20 heteroatoms. The summed E-state index contributed by atoms with van der Waals surface area (Å²) in [5, 5.41) is 37.5. The monoisotopic (exact) mass is 666 g/mol. The van der Waals surface area contributed by atoms with E-state index in [1.54, 1.807) is 9.80 Å². The van der Waals surface area contributed by atoms with Gasteiger partial charge in [0.1, 0.15) is 12.8 Å². The van der Waals surface area contributed by atoms with Crippen molar-refractivity contribution in [3.05, 3.63) is 79.9 Å². The van der Waals surface area contributed by atoms with Gasteiger partial charge in [0.2, 0.25) is 22.0 Å². The lowest BCUT2D eigenvalue weighted by Gasteiger charge is -2.39. The van der Waals surface area contributed by atoms with Crippen molar-refractivity contribution in [1.29, 1.82) is 0 Å². The number of benzene rings is 2. The van der Waals surface area contributed by atoms with E-state index in [4.69, 9.17) is 24.4 Å². The quantitative estimate of drug-likeness (QED) is 0.107. The first-order chi connectivity index (χ1) is 21.9. The summed E-state index contributed by atoms with van der Waals surface area (Å²) in [7, 11) is 0. The van der Waals surface area contributed by atoms with Gasteiger partial charge in [-0.25, -0.2) is 0 Å². The van der Waals surface area contributed by atoms with Gasteiger partial charge in [-0.3, -0.25) is 39.4 Å². The predicted molar refractivity (Wildman–Crippen MR) is 167 cm³/mol. The van der Waals surface area contributed by atoms with Gasteiger partial charge in [0.15, 0.2) is 11.7 Å². The molecule has 3 heterocycles. The van der Waals surface area contributed by atoms with E-state index in [9.17, 15) is 39.4 Å². The van der Waals surface area contributed by atoms with Crippen molar-refractivity contribution >= 4 is 81.3 Å². The Bertz CT molecular complexity index is 1570. The van der Waals surface area contributed by atoms with Gasteiger partial charge in [-0.15, -0.1) is 10.2 Å². The maximum Gasteiger partial charge on any atom is 0.269 e. The average Bonchev–Trinajstić information content (AvgIpc) is 3.01. The van der Waals surface area contributed by atoms with Crippen molar-refractivity contribution in [3.63, 3.8) is 0 Å². The minimum atomic E-state index is -0.659. The summed E-state index contributed by atoms with van der Waals surface area (Å²) in [6.45, 7) is 0.992. The fourth-order valence-electron chi connectivity index (χ4n) is 4.68. The predicted octanol–water partition coefficient (Wildman–Crippen LogP) is 0.411. The number of hydrazone groups is 2. The van der Waals surface area contributed by atoms with Crippen molar-refractivity contribution < 1.29 is 29.0 Å². The summed E-state index contributed by atoms with van der Waals surface area (Å²) in [4.78, 5) is 73.9. The van der Waals surface area contributed by atoms with Crippen molar-refractivity contribution in [1.82, 2.24) is 30.5 Å². The molecule has 3 aliphatic rings. The minimum Gasteiger partial charge on any atom is -0.351 e. The summed E-state index contributed by atoms with van der Waals surface area (Å²) in [5.74, 6) is -1.98. The van der Waals surface area contributed by atoms with Crippen molar-refractivity contribution in [2.45, 2.75) is 12.8 Å². The number of carbonyl (C=O) groups is 4. The summed E-state index contributed by atoms with van der Waals surface area (Å²) in [6.07, 6.45) is -0.949. The van der Waals surface area contributed by atoms with E-state index < -0.39 is 46.3 Å². The minimum absolute atomic E-state index is 0.157. The zero-order valence-electron chi connectivity index (χ0n) is 23.5. The molecule has 0 atom stereocenters. The third-order valence-electron chi connectivity index (χ3n) is 6.91. The highest BCUT2D eigenvalue weighted by molar-refractivity contribution is 7.80. The molecule has 3 fully saturated rings. The van der Waals surface area contributed by atoms with Crippen LogP contribution >= 0.6 is 24.4 Å². The number of nitrogens with one attached hydrogen (secondary N) is 2. The van der Waals surface area contributed by atoms with Gasteiger partial charge < -0.3 is 20.4 Å². The van der Waals surface area contributed by atoms with Gasteiger partial charge in [0.05, 0.1) is 9.85 Å². The van der Waals surface area contributed by atoms with Crippen LogP contribution in [0.25, 0.3) is 0 Å². The number of thiocarbonyl (C=S) groups is 2. The Balaban J connectivity index is 1.46. The lowest BCUT2D eigenvalue weighted by atomic mass is 10.1. The molecule has 0 radical (unpaired) electrons. The molecule has 4 amide bonds. The first kappa shape index (κ1) is 31.7. The van der Waals surface area contributed by atoms with Crippen LogP contribution in [-0.2, 0) is 19.2 Å². The summed E-state index contributed by atoms with van der Waals surface area (Å²) in [5.41, 5.74) is 0.539. The first-order valence-electron chi connectivity index (χ1n) is 13.4. The largest absolute Gasteiger partial charge is 0.351 e. The maximum atomic E-state index is 12.7. The number of rotatable bonds is 6. The summed E-state index contributed by atoms with van der Waals surface area (Å²) < 4.78 is 0. The van der Waals surface area contributed by atoms with E-state index in [2.05, 4.69) is 20.8 Å². The molecule has 0 aliphatic carbocycles. The van der Waals surface area contributed by atoms with Crippen LogP contribution in [0.5, 0.6) is 0 Å². The molecule has 46 heavy (non-hydrogen) atoms. The number of hydrogen-bond acceptors (Lipinski definition) is 12. The van der Waals surface area contributed by atoms with Crippen LogP contribution < -0.4 is 10.6 Å². The molecule has 0 bridgehead atoms. The molecule has 0 saturated carbocycles. The molecule has 236 valence electrons. The van der Waals surface area contributed by atoms with E-state index in [0.29, 0.717) is 11.1 Å². The fraction of sp³-hybridized carbons (Fsp3) is 0.231. The third kappa shape index (κ3) is 6.81. The Hall–Kier alpha value is -5.76. The summed E-state index contributed by atoms with van der Waals surface area (Å²) >= 11 is 10.3. The molecule has 0 spiro atoms. The van der Waals surface area contributed by atoms with E-state index in [1.165, 1.54) is 48.5 Å². The maximum absolute atomic E-state index is 12.7. The van der Waals surface area contributed by atoms with Crippen LogP contribution in [-0.4, -0.2) is 101 Å². The molecule has 3 saturated heterocycles. The van der Waals surface area contributed by atoms with Crippen molar-refractivity contribution in [3.8, 4) is 0 Å². The SMILES string of the molecule is O=C1CC(=O)N(N=C(c2ccc([N+](=O)[O-])cc2)N2CCN(C(=NN3C(=O)CC(=O)NC3=S)c3ccc([N+](=O)[O-])cc3)CC2)C(=S)N1. The van der Waals surface area contributed by atoms with Crippen LogP contribution in [0.2, 0.25) is 0 Å². The smallest absolute Gasteiger partial charge is 0.269 e. The van der Waals surface area contributed by atoms with Gasteiger partial charge in [0.25, 0.3) is 23.2 Å². The molecule has 18 nitrogen and oxygen atoms in total. The van der Waals surface area contributed by atoms with Crippen LogP contribution in [0, 0.1) is 20.2 Å². The number of amidine groups is 2. The Morgan fingerprint density at radius 2 is 0.957 bits per heavy atom. The number of amides is 4. The Labute approximate surface area is 269 Å². The topological polar surface area (TPSA) is 216 Å². The normalized spacial score (nSPS) is 18.1. The molecular weight excluding hydrogens is 644 g/mol. The number of piperazine rings is 1. The van der Waals surface area contributed by atoms with Gasteiger partial charge in [-0.05, 0) is 48.7 Å². The highest BCUT2D eigenvalue weighted by atomic mass is 32.1. The van der Waals surface area contributed by atoms with E-state index in [-0.39, 0.29) is 59.4 Å². The number of non-ortho nitro benzene ring substituents is 2. The zero-order chi connectivity index (χ0) is 33.1. The molecular formula is C26H22N10O8S2. The van der Waals surface area contributed by atoms with Crippen molar-refractivity contribution in [2.75, 3.05) is 26.2 Å². The third-order valence-corrected chi connectivity index (χ3v) is 7.46. The van der Waals surface area contributed by atoms with Gasteiger partial charge in [0, 0.05) is 61.6 Å². The first-order valence-corrected chi connectivity index (χ1v) is 14.2. The van der Waals surface area contributed by atoms with Crippen molar-refractivity contribution in [2.24, 2.45) is 10.2 Å². The number of nitrogens with zero attached hydrogens (tertiary/aromatic N) is 8. The van der Waals surface area contributed by atoms with Crippen LogP contribution in [0.3, 0.4) is 0 Å². The Morgan fingerprint density at radius 1 is 0.630 bits per heavy atom.